The van der Waals surface area contributed by atoms with Crippen molar-refractivity contribution in [1.29, 1.82) is 0 Å². The molecule has 2 N–H and O–H groups in total. The highest BCUT2D eigenvalue weighted by molar-refractivity contribution is 5.73. The van der Waals surface area contributed by atoms with Gasteiger partial charge in [-0.1, -0.05) is 36.4 Å². The van der Waals surface area contributed by atoms with Gasteiger partial charge in [-0.25, -0.2) is 0 Å². The molecule has 1 atom stereocenters. The van der Waals surface area contributed by atoms with Gasteiger partial charge in [0, 0.05) is 6.54 Å². The summed E-state index contributed by atoms with van der Waals surface area (Å²) in [5.41, 5.74) is 1.50. The Morgan fingerprint density at radius 2 is 1.84 bits per heavy atom. The van der Waals surface area contributed by atoms with E-state index in [-0.39, 0.29) is 18.0 Å². The van der Waals surface area contributed by atoms with Crippen LogP contribution in [-0.4, -0.2) is 30.8 Å². The summed E-state index contributed by atoms with van der Waals surface area (Å²) in [6.45, 7) is -2.78. The minimum atomic E-state index is -2.97. The molecule has 0 aromatic heterocycles. The van der Waals surface area contributed by atoms with Crippen LogP contribution in [0, 0.1) is 0 Å². The molecule has 0 fully saturated rings. The molecule has 2 aromatic rings. The Labute approximate surface area is 144 Å². The van der Waals surface area contributed by atoms with Gasteiger partial charge >= 0.3 is 12.6 Å². The summed E-state index contributed by atoms with van der Waals surface area (Å²) in [6.07, 6.45) is 0.312. The van der Waals surface area contributed by atoms with E-state index in [4.69, 9.17) is 4.74 Å². The number of benzene rings is 2. The van der Waals surface area contributed by atoms with Crippen LogP contribution in [0.1, 0.15) is 11.1 Å². The Bertz CT molecular complexity index is 695. The van der Waals surface area contributed by atoms with E-state index in [0.29, 0.717) is 12.0 Å². The molecule has 0 aliphatic rings. The van der Waals surface area contributed by atoms with E-state index in [1.54, 1.807) is 6.07 Å². The number of hydrogen-bond donors (Lipinski definition) is 2. The molecule has 0 radical (unpaired) electrons. The number of aliphatic carboxylic acids is 1. The fourth-order valence-corrected chi connectivity index (χ4v) is 2.36. The van der Waals surface area contributed by atoms with Crippen molar-refractivity contribution in [3.63, 3.8) is 0 Å². The van der Waals surface area contributed by atoms with Crippen LogP contribution < -0.4 is 14.8 Å². The summed E-state index contributed by atoms with van der Waals surface area (Å²) in [6, 6.07) is 13.0. The van der Waals surface area contributed by atoms with Crippen LogP contribution in [0.25, 0.3) is 0 Å². The predicted octanol–water partition coefficient (Wildman–Crippen LogP) is 3.08. The molecular formula is C18H19F2NO4. The average Bonchev–Trinajstić information content (AvgIpc) is 2.59. The Morgan fingerprint density at radius 1 is 1.12 bits per heavy atom. The number of carboxylic acids is 1. The number of hydrogen-bond acceptors (Lipinski definition) is 4. The molecule has 0 saturated heterocycles. The zero-order valence-corrected chi connectivity index (χ0v) is 13.6. The van der Waals surface area contributed by atoms with Gasteiger partial charge in [-0.15, -0.1) is 0 Å². The second kappa shape index (κ2) is 8.98. The zero-order valence-electron chi connectivity index (χ0n) is 13.6. The topological polar surface area (TPSA) is 67.8 Å². The highest BCUT2D eigenvalue weighted by atomic mass is 19.3. The molecule has 0 heterocycles. The lowest BCUT2D eigenvalue weighted by Crippen LogP contribution is -2.38. The molecule has 5 nitrogen and oxygen atoms in total. The van der Waals surface area contributed by atoms with Crippen LogP contribution in [0.2, 0.25) is 0 Å². The smallest absolute Gasteiger partial charge is 0.387 e. The third-order valence-electron chi connectivity index (χ3n) is 3.58. The first-order valence-corrected chi connectivity index (χ1v) is 7.61. The van der Waals surface area contributed by atoms with Gasteiger partial charge in [0.15, 0.2) is 11.5 Å². The van der Waals surface area contributed by atoms with Gasteiger partial charge in [0.05, 0.1) is 7.11 Å². The van der Waals surface area contributed by atoms with Gasteiger partial charge in [0.25, 0.3) is 0 Å². The Balaban J connectivity index is 2.05. The monoisotopic (exact) mass is 351 g/mol. The number of carboxylic acid groups (broad SMARTS) is 1. The van der Waals surface area contributed by atoms with Crippen molar-refractivity contribution < 1.29 is 28.2 Å². The number of rotatable bonds is 9. The Morgan fingerprint density at radius 3 is 2.44 bits per heavy atom. The maximum atomic E-state index is 12.5. The quantitative estimate of drug-likeness (QED) is 0.727. The number of nitrogens with one attached hydrogen (secondary N) is 1. The Kier molecular flexibility index (Phi) is 6.71. The largest absolute Gasteiger partial charge is 0.493 e. The van der Waals surface area contributed by atoms with Crippen molar-refractivity contribution in [2.24, 2.45) is 0 Å². The number of alkyl halides is 2. The summed E-state index contributed by atoms with van der Waals surface area (Å²) >= 11 is 0. The van der Waals surface area contributed by atoms with E-state index in [1.807, 2.05) is 30.3 Å². The van der Waals surface area contributed by atoms with Crippen LogP contribution in [0.5, 0.6) is 11.5 Å². The molecule has 134 valence electrons. The van der Waals surface area contributed by atoms with E-state index in [0.717, 1.165) is 5.56 Å². The first-order chi connectivity index (χ1) is 12.0. The minimum Gasteiger partial charge on any atom is -0.493 e. The fourth-order valence-electron chi connectivity index (χ4n) is 2.36. The molecule has 0 bridgehead atoms. The summed E-state index contributed by atoms with van der Waals surface area (Å²) < 4.78 is 34.3. The van der Waals surface area contributed by atoms with Crippen LogP contribution in [-0.2, 0) is 17.8 Å². The standard InChI is InChI=1S/C18H19F2NO4/c1-24-15-8-7-13(10-16(15)25-18(19)20)11-21-14(17(22)23)9-12-5-3-2-4-6-12/h2-8,10,14,18,21H,9,11H2,1H3,(H,22,23)/t14-/m0/s1. The number of ether oxygens (including phenoxy) is 2. The van der Waals surface area contributed by atoms with E-state index in [2.05, 4.69) is 10.1 Å². The lowest BCUT2D eigenvalue weighted by atomic mass is 10.1. The molecule has 0 saturated carbocycles. The van der Waals surface area contributed by atoms with Crippen molar-refractivity contribution >= 4 is 5.97 Å². The van der Waals surface area contributed by atoms with Crippen LogP contribution in [0.4, 0.5) is 8.78 Å². The average molecular weight is 351 g/mol. The van der Waals surface area contributed by atoms with Crippen LogP contribution >= 0.6 is 0 Å². The Hall–Kier alpha value is -2.67. The first-order valence-electron chi connectivity index (χ1n) is 7.61. The molecule has 0 unspecified atom stereocenters. The summed E-state index contributed by atoms with van der Waals surface area (Å²) in [5, 5.41) is 12.3. The zero-order chi connectivity index (χ0) is 18.2. The summed E-state index contributed by atoms with van der Waals surface area (Å²) in [4.78, 5) is 11.4. The summed E-state index contributed by atoms with van der Waals surface area (Å²) in [5.74, 6) is -0.892. The number of halogens is 2. The van der Waals surface area contributed by atoms with E-state index >= 15 is 0 Å². The maximum Gasteiger partial charge on any atom is 0.387 e. The second-order valence-electron chi connectivity index (χ2n) is 5.33. The summed E-state index contributed by atoms with van der Waals surface area (Å²) in [7, 11) is 1.35. The fraction of sp³-hybridized carbons (Fsp3) is 0.278. The van der Waals surface area contributed by atoms with Crippen molar-refractivity contribution in [2.45, 2.75) is 25.6 Å². The third kappa shape index (κ3) is 5.72. The van der Waals surface area contributed by atoms with Crippen molar-refractivity contribution in [3.8, 4) is 11.5 Å². The van der Waals surface area contributed by atoms with E-state index < -0.39 is 18.6 Å². The molecular weight excluding hydrogens is 332 g/mol. The lowest BCUT2D eigenvalue weighted by Gasteiger charge is -2.16. The number of methoxy groups -OCH3 is 1. The number of carbonyl (C=O) groups is 1. The molecule has 25 heavy (non-hydrogen) atoms. The first kappa shape index (κ1) is 18.7. The van der Waals surface area contributed by atoms with Gasteiger partial charge in [0.1, 0.15) is 6.04 Å². The normalized spacial score (nSPS) is 12.0. The minimum absolute atomic E-state index is 0.0910. The second-order valence-corrected chi connectivity index (χ2v) is 5.33. The van der Waals surface area contributed by atoms with E-state index in [1.165, 1.54) is 19.2 Å². The third-order valence-corrected chi connectivity index (χ3v) is 3.58. The molecule has 7 heteroatoms. The molecule has 2 aromatic carbocycles. The molecule has 0 aliphatic heterocycles. The lowest BCUT2D eigenvalue weighted by molar-refractivity contribution is -0.139. The highest BCUT2D eigenvalue weighted by Crippen LogP contribution is 2.29. The SMILES string of the molecule is COc1ccc(CN[C@@H](Cc2ccccc2)C(=O)O)cc1OC(F)F. The van der Waals surface area contributed by atoms with Gasteiger partial charge in [-0.2, -0.15) is 8.78 Å². The van der Waals surface area contributed by atoms with Crippen molar-refractivity contribution in [3.05, 3.63) is 59.7 Å². The van der Waals surface area contributed by atoms with Gasteiger partial charge < -0.3 is 19.9 Å². The van der Waals surface area contributed by atoms with Gasteiger partial charge in [-0.05, 0) is 29.7 Å². The molecule has 0 spiro atoms. The van der Waals surface area contributed by atoms with Crippen LogP contribution in [0.15, 0.2) is 48.5 Å². The van der Waals surface area contributed by atoms with Crippen LogP contribution in [0.3, 0.4) is 0 Å². The predicted molar refractivity (Wildman–Crippen MR) is 88.0 cm³/mol. The maximum absolute atomic E-state index is 12.5. The van der Waals surface area contributed by atoms with Crippen molar-refractivity contribution in [1.82, 2.24) is 5.32 Å². The molecule has 0 aliphatic carbocycles. The molecule has 2 rings (SSSR count). The highest BCUT2D eigenvalue weighted by Gasteiger charge is 2.18. The van der Waals surface area contributed by atoms with Crippen molar-refractivity contribution in [2.75, 3.05) is 7.11 Å². The van der Waals surface area contributed by atoms with E-state index in [9.17, 15) is 18.7 Å². The van der Waals surface area contributed by atoms with Gasteiger partial charge in [0.2, 0.25) is 0 Å². The molecule has 0 amide bonds. The van der Waals surface area contributed by atoms with Gasteiger partial charge in [-0.3, -0.25) is 4.79 Å².